The van der Waals surface area contributed by atoms with Crippen molar-refractivity contribution < 1.29 is 13.5 Å². The van der Waals surface area contributed by atoms with Gasteiger partial charge in [-0.05, 0) is 31.4 Å². The minimum Gasteiger partial charge on any atom is -0.485 e. The Bertz CT molecular complexity index is 426. The van der Waals surface area contributed by atoms with Gasteiger partial charge in [0, 0.05) is 5.56 Å². The summed E-state index contributed by atoms with van der Waals surface area (Å²) in [5, 5.41) is 0. The van der Waals surface area contributed by atoms with Crippen LogP contribution in [0.15, 0.2) is 12.1 Å². The Morgan fingerprint density at radius 3 is 2.17 bits per heavy atom. The number of nitrogens with two attached hydrogens (primary N) is 1. The molecule has 1 unspecified atom stereocenters. The minimum atomic E-state index is -0.784. The molecule has 0 saturated carbocycles. The molecule has 0 aliphatic rings. The van der Waals surface area contributed by atoms with Gasteiger partial charge in [-0.3, -0.25) is 0 Å². The Hall–Kier alpha value is -1.23. The SMILES string of the molecule is CC(C)CC(C)Oc1c(F)cc(C(N)=S)cc1F. The topological polar surface area (TPSA) is 35.2 Å². The van der Waals surface area contributed by atoms with Crippen molar-refractivity contribution in [1.82, 2.24) is 0 Å². The maximum absolute atomic E-state index is 13.7. The van der Waals surface area contributed by atoms with Gasteiger partial charge in [0.25, 0.3) is 0 Å². The molecule has 0 bridgehead atoms. The van der Waals surface area contributed by atoms with Crippen LogP contribution in [0, 0.1) is 17.6 Å². The number of ether oxygens (including phenoxy) is 1. The van der Waals surface area contributed by atoms with Crippen molar-refractivity contribution in [2.24, 2.45) is 11.7 Å². The standard InChI is InChI=1S/C13H17F2NOS/c1-7(2)4-8(3)17-12-10(14)5-9(13(16)18)6-11(12)15/h5-8H,4H2,1-3H3,(H2,16,18). The lowest BCUT2D eigenvalue weighted by Gasteiger charge is -2.17. The summed E-state index contributed by atoms with van der Waals surface area (Å²) in [4.78, 5) is -0.0467. The molecule has 0 heterocycles. The zero-order valence-corrected chi connectivity index (χ0v) is 11.5. The summed E-state index contributed by atoms with van der Waals surface area (Å²) in [6.45, 7) is 5.81. The van der Waals surface area contributed by atoms with Crippen LogP contribution < -0.4 is 10.5 Å². The van der Waals surface area contributed by atoms with Gasteiger partial charge in [0.15, 0.2) is 17.4 Å². The van der Waals surface area contributed by atoms with Crippen LogP contribution in [-0.4, -0.2) is 11.1 Å². The molecule has 0 aromatic heterocycles. The van der Waals surface area contributed by atoms with Gasteiger partial charge in [0.1, 0.15) is 4.99 Å². The highest BCUT2D eigenvalue weighted by Gasteiger charge is 2.17. The fraction of sp³-hybridized carbons (Fsp3) is 0.462. The van der Waals surface area contributed by atoms with Crippen molar-refractivity contribution in [2.45, 2.75) is 33.3 Å². The molecule has 18 heavy (non-hydrogen) atoms. The first kappa shape index (κ1) is 14.8. The minimum absolute atomic E-state index is 0.0467. The lowest BCUT2D eigenvalue weighted by molar-refractivity contribution is 0.177. The van der Waals surface area contributed by atoms with E-state index in [9.17, 15) is 8.78 Å². The molecule has 0 saturated heterocycles. The number of hydrogen-bond acceptors (Lipinski definition) is 2. The third-order valence-corrected chi connectivity index (χ3v) is 2.64. The normalized spacial score (nSPS) is 12.6. The molecule has 1 aromatic rings. The molecule has 0 amide bonds. The van der Waals surface area contributed by atoms with Crippen LogP contribution in [0.4, 0.5) is 8.78 Å². The fourth-order valence-corrected chi connectivity index (χ4v) is 1.85. The first-order valence-electron chi connectivity index (χ1n) is 5.76. The third-order valence-electron chi connectivity index (χ3n) is 2.41. The second-order valence-corrected chi connectivity index (χ2v) is 5.13. The number of hydrogen-bond donors (Lipinski definition) is 1. The van der Waals surface area contributed by atoms with Crippen LogP contribution in [0.25, 0.3) is 0 Å². The molecule has 0 fully saturated rings. The van der Waals surface area contributed by atoms with E-state index in [-0.39, 0.29) is 22.4 Å². The average molecular weight is 273 g/mol. The Labute approximate surface area is 111 Å². The van der Waals surface area contributed by atoms with Crippen LogP contribution in [0.2, 0.25) is 0 Å². The summed E-state index contributed by atoms with van der Waals surface area (Å²) in [7, 11) is 0. The summed E-state index contributed by atoms with van der Waals surface area (Å²) < 4.78 is 32.7. The van der Waals surface area contributed by atoms with Crippen LogP contribution in [-0.2, 0) is 0 Å². The molecule has 0 aliphatic carbocycles. The predicted molar refractivity (Wildman–Crippen MR) is 71.8 cm³/mol. The summed E-state index contributed by atoms with van der Waals surface area (Å²) in [5.74, 6) is -1.55. The van der Waals surface area contributed by atoms with Crippen molar-refractivity contribution in [3.8, 4) is 5.75 Å². The van der Waals surface area contributed by atoms with Gasteiger partial charge in [0.2, 0.25) is 0 Å². The lowest BCUT2D eigenvalue weighted by atomic mass is 10.1. The molecule has 100 valence electrons. The van der Waals surface area contributed by atoms with Crippen molar-refractivity contribution in [3.05, 3.63) is 29.3 Å². The summed E-state index contributed by atoms with van der Waals surface area (Å²) in [5.41, 5.74) is 5.48. The molecule has 1 atom stereocenters. The Balaban J connectivity index is 2.93. The van der Waals surface area contributed by atoms with E-state index in [0.29, 0.717) is 5.92 Å². The van der Waals surface area contributed by atoms with Gasteiger partial charge in [0.05, 0.1) is 6.10 Å². The quantitative estimate of drug-likeness (QED) is 0.835. The molecule has 1 rings (SSSR count). The van der Waals surface area contributed by atoms with Crippen LogP contribution in [0.1, 0.15) is 32.8 Å². The Morgan fingerprint density at radius 1 is 1.28 bits per heavy atom. The first-order chi connectivity index (χ1) is 8.31. The summed E-state index contributed by atoms with van der Waals surface area (Å²) >= 11 is 4.67. The number of rotatable bonds is 5. The predicted octanol–water partition coefficient (Wildman–Crippen LogP) is 3.41. The highest BCUT2D eigenvalue weighted by atomic mass is 32.1. The molecular weight excluding hydrogens is 256 g/mol. The van der Waals surface area contributed by atoms with Gasteiger partial charge < -0.3 is 10.5 Å². The average Bonchev–Trinajstić information content (AvgIpc) is 2.21. The highest BCUT2D eigenvalue weighted by molar-refractivity contribution is 7.80. The molecule has 5 heteroatoms. The zero-order valence-electron chi connectivity index (χ0n) is 10.7. The lowest BCUT2D eigenvalue weighted by Crippen LogP contribution is -2.17. The highest BCUT2D eigenvalue weighted by Crippen LogP contribution is 2.25. The third kappa shape index (κ3) is 3.91. The van der Waals surface area contributed by atoms with Crippen molar-refractivity contribution in [2.75, 3.05) is 0 Å². The molecular formula is C13H17F2NOS. The summed E-state index contributed by atoms with van der Waals surface area (Å²) in [6, 6.07) is 2.17. The molecule has 2 N–H and O–H groups in total. The van der Waals surface area contributed by atoms with E-state index in [4.69, 9.17) is 10.5 Å². The molecule has 0 spiro atoms. The smallest absolute Gasteiger partial charge is 0.191 e. The molecule has 1 aromatic carbocycles. The van der Waals surface area contributed by atoms with E-state index >= 15 is 0 Å². The zero-order chi connectivity index (χ0) is 13.9. The first-order valence-corrected chi connectivity index (χ1v) is 6.17. The van der Waals surface area contributed by atoms with Crippen LogP contribution >= 0.6 is 12.2 Å². The van der Waals surface area contributed by atoms with Gasteiger partial charge in [-0.15, -0.1) is 0 Å². The second kappa shape index (κ2) is 6.09. The second-order valence-electron chi connectivity index (χ2n) is 4.69. The maximum atomic E-state index is 13.7. The number of thiocarbonyl (C=S) groups is 1. The van der Waals surface area contributed by atoms with Crippen molar-refractivity contribution in [3.63, 3.8) is 0 Å². The van der Waals surface area contributed by atoms with E-state index in [0.717, 1.165) is 18.6 Å². The van der Waals surface area contributed by atoms with E-state index < -0.39 is 11.6 Å². The van der Waals surface area contributed by atoms with Crippen LogP contribution in [0.3, 0.4) is 0 Å². The molecule has 2 nitrogen and oxygen atoms in total. The monoisotopic (exact) mass is 273 g/mol. The van der Waals surface area contributed by atoms with E-state index in [1.54, 1.807) is 6.92 Å². The number of benzene rings is 1. The van der Waals surface area contributed by atoms with E-state index in [2.05, 4.69) is 12.2 Å². The van der Waals surface area contributed by atoms with Crippen molar-refractivity contribution >= 4 is 17.2 Å². The van der Waals surface area contributed by atoms with Gasteiger partial charge >= 0.3 is 0 Å². The Morgan fingerprint density at radius 2 is 1.78 bits per heavy atom. The van der Waals surface area contributed by atoms with E-state index in [1.165, 1.54) is 0 Å². The maximum Gasteiger partial charge on any atom is 0.191 e. The molecule has 0 aliphatic heterocycles. The van der Waals surface area contributed by atoms with E-state index in [1.807, 2.05) is 13.8 Å². The largest absolute Gasteiger partial charge is 0.485 e. The van der Waals surface area contributed by atoms with Gasteiger partial charge in [-0.2, -0.15) is 0 Å². The van der Waals surface area contributed by atoms with Crippen molar-refractivity contribution in [1.29, 1.82) is 0 Å². The number of halogens is 2. The Kier molecular flexibility index (Phi) is 5.02. The van der Waals surface area contributed by atoms with Crippen LogP contribution in [0.5, 0.6) is 5.75 Å². The van der Waals surface area contributed by atoms with Gasteiger partial charge in [-0.1, -0.05) is 26.1 Å². The fourth-order valence-electron chi connectivity index (χ4n) is 1.73. The summed E-state index contributed by atoms with van der Waals surface area (Å²) in [6.07, 6.45) is 0.459. The van der Waals surface area contributed by atoms with Gasteiger partial charge in [-0.25, -0.2) is 8.78 Å². The molecule has 0 radical (unpaired) electrons.